The van der Waals surface area contributed by atoms with Gasteiger partial charge in [0.15, 0.2) is 0 Å². The minimum absolute atomic E-state index is 0.0490. The molecule has 2 atom stereocenters. The van der Waals surface area contributed by atoms with Gasteiger partial charge in [-0.25, -0.2) is 0 Å². The Labute approximate surface area is 174 Å². The van der Waals surface area contributed by atoms with Crippen molar-refractivity contribution in [3.63, 3.8) is 0 Å². The number of benzene rings is 1. The van der Waals surface area contributed by atoms with Gasteiger partial charge in [-0.15, -0.1) is 0 Å². The zero-order valence-electron chi connectivity index (χ0n) is 17.7. The number of nitrogens with zero attached hydrogens (tertiary/aromatic N) is 2. The maximum Gasteiger partial charge on any atom is 0.225 e. The maximum absolute atomic E-state index is 12.9. The van der Waals surface area contributed by atoms with Crippen LogP contribution in [0.2, 0.25) is 0 Å². The Morgan fingerprint density at radius 3 is 2.45 bits per heavy atom. The Bertz CT molecular complexity index is 705. The number of hydrogen-bond acceptors (Lipinski definition) is 3. The summed E-state index contributed by atoms with van der Waals surface area (Å²) >= 11 is 0. The van der Waals surface area contributed by atoms with Crippen LogP contribution in [0.1, 0.15) is 68.5 Å². The molecule has 1 aromatic carbocycles. The van der Waals surface area contributed by atoms with Gasteiger partial charge in [0.1, 0.15) is 0 Å². The molecule has 0 spiro atoms. The van der Waals surface area contributed by atoms with Gasteiger partial charge in [0.2, 0.25) is 11.8 Å². The molecule has 1 N–H and O–H groups in total. The lowest BCUT2D eigenvalue weighted by Crippen LogP contribution is -2.41. The third-order valence-electron chi connectivity index (χ3n) is 7.06. The molecule has 2 unspecified atom stereocenters. The first-order valence-electron chi connectivity index (χ1n) is 11.5. The SMILES string of the molecule is Cc1ccc(C(CNC(=O)C2CC(=O)N(C3CCCCC3)C2)N2CCCC2)cc1. The summed E-state index contributed by atoms with van der Waals surface area (Å²) in [5, 5.41) is 3.20. The zero-order chi connectivity index (χ0) is 20.2. The second-order valence-electron chi connectivity index (χ2n) is 9.15. The van der Waals surface area contributed by atoms with Crippen LogP contribution in [-0.4, -0.2) is 53.8 Å². The van der Waals surface area contributed by atoms with Crippen molar-refractivity contribution >= 4 is 11.8 Å². The van der Waals surface area contributed by atoms with E-state index < -0.39 is 0 Å². The molecule has 0 aromatic heterocycles. The summed E-state index contributed by atoms with van der Waals surface area (Å²) in [6.45, 7) is 5.51. The molecule has 29 heavy (non-hydrogen) atoms. The molecule has 4 rings (SSSR count). The quantitative estimate of drug-likeness (QED) is 0.800. The van der Waals surface area contributed by atoms with E-state index in [2.05, 4.69) is 41.4 Å². The van der Waals surface area contributed by atoms with E-state index in [-0.39, 0.29) is 23.8 Å². The van der Waals surface area contributed by atoms with E-state index in [1.54, 1.807) is 0 Å². The molecule has 3 aliphatic rings. The number of aryl methyl sites for hydroxylation is 1. The van der Waals surface area contributed by atoms with Gasteiger partial charge >= 0.3 is 0 Å². The van der Waals surface area contributed by atoms with Crippen LogP contribution >= 0.6 is 0 Å². The van der Waals surface area contributed by atoms with Crippen molar-refractivity contribution in [1.82, 2.24) is 15.1 Å². The van der Waals surface area contributed by atoms with Gasteiger partial charge in [0.05, 0.1) is 12.0 Å². The number of carbonyl (C=O) groups excluding carboxylic acids is 2. The summed E-state index contributed by atoms with van der Waals surface area (Å²) < 4.78 is 0. The molecule has 1 aliphatic carbocycles. The first kappa shape index (κ1) is 20.4. The minimum Gasteiger partial charge on any atom is -0.354 e. The van der Waals surface area contributed by atoms with Gasteiger partial charge in [0, 0.05) is 25.6 Å². The molecular formula is C24H35N3O2. The first-order valence-corrected chi connectivity index (χ1v) is 11.5. The number of likely N-dealkylation sites (tertiary alicyclic amines) is 2. The van der Waals surface area contributed by atoms with Crippen molar-refractivity contribution in [2.45, 2.75) is 70.4 Å². The van der Waals surface area contributed by atoms with E-state index in [0.29, 0.717) is 25.6 Å². The second kappa shape index (κ2) is 9.29. The van der Waals surface area contributed by atoms with E-state index in [1.165, 1.54) is 43.2 Å². The normalized spacial score (nSPS) is 24.8. The Morgan fingerprint density at radius 1 is 1.07 bits per heavy atom. The predicted octanol–water partition coefficient (Wildman–Crippen LogP) is 3.43. The second-order valence-corrected chi connectivity index (χ2v) is 9.15. The fourth-order valence-electron chi connectivity index (χ4n) is 5.29. The fraction of sp³-hybridized carbons (Fsp3) is 0.667. The molecule has 2 heterocycles. The highest BCUT2D eigenvalue weighted by molar-refractivity contribution is 5.89. The topological polar surface area (TPSA) is 52.7 Å². The molecule has 5 nitrogen and oxygen atoms in total. The van der Waals surface area contributed by atoms with E-state index in [4.69, 9.17) is 0 Å². The van der Waals surface area contributed by atoms with Crippen LogP contribution < -0.4 is 5.32 Å². The van der Waals surface area contributed by atoms with Crippen molar-refractivity contribution in [2.75, 3.05) is 26.2 Å². The summed E-state index contributed by atoms with van der Waals surface area (Å²) in [7, 11) is 0. The average Bonchev–Trinajstić information content (AvgIpc) is 3.40. The smallest absolute Gasteiger partial charge is 0.225 e. The van der Waals surface area contributed by atoms with Crippen LogP contribution in [0.25, 0.3) is 0 Å². The highest BCUT2D eigenvalue weighted by Crippen LogP contribution is 2.29. The summed E-state index contributed by atoms with van der Waals surface area (Å²) in [5.74, 6) is 0.0290. The lowest BCUT2D eigenvalue weighted by molar-refractivity contribution is -0.130. The maximum atomic E-state index is 12.9. The van der Waals surface area contributed by atoms with E-state index in [1.807, 2.05) is 4.90 Å². The lowest BCUT2D eigenvalue weighted by atomic mass is 9.94. The first-order chi connectivity index (χ1) is 14.1. The third kappa shape index (κ3) is 4.82. The van der Waals surface area contributed by atoms with E-state index in [9.17, 15) is 9.59 Å². The molecule has 2 aliphatic heterocycles. The van der Waals surface area contributed by atoms with Gasteiger partial charge in [-0.2, -0.15) is 0 Å². The monoisotopic (exact) mass is 397 g/mol. The standard InChI is InChI=1S/C24H35N3O2/c1-18-9-11-19(12-10-18)22(26-13-5-6-14-26)16-25-24(29)20-15-23(28)27(17-20)21-7-3-2-4-8-21/h9-12,20-22H,2-8,13-17H2,1H3,(H,25,29). The van der Waals surface area contributed by atoms with Crippen LogP contribution in [0.15, 0.2) is 24.3 Å². The molecule has 5 heteroatoms. The molecule has 3 fully saturated rings. The fourth-order valence-corrected chi connectivity index (χ4v) is 5.29. The molecule has 2 saturated heterocycles. The van der Waals surface area contributed by atoms with Gasteiger partial charge in [-0.3, -0.25) is 14.5 Å². The van der Waals surface area contributed by atoms with Gasteiger partial charge in [-0.05, 0) is 51.3 Å². The zero-order valence-corrected chi connectivity index (χ0v) is 17.7. The Morgan fingerprint density at radius 2 is 1.76 bits per heavy atom. The molecule has 1 saturated carbocycles. The number of hydrogen-bond donors (Lipinski definition) is 1. The van der Waals surface area contributed by atoms with Crippen molar-refractivity contribution in [1.29, 1.82) is 0 Å². The van der Waals surface area contributed by atoms with Crippen LogP contribution in [0.3, 0.4) is 0 Å². The van der Waals surface area contributed by atoms with Crippen molar-refractivity contribution in [2.24, 2.45) is 5.92 Å². The van der Waals surface area contributed by atoms with Crippen LogP contribution in [0.5, 0.6) is 0 Å². The number of nitrogens with one attached hydrogen (secondary N) is 1. The van der Waals surface area contributed by atoms with Gasteiger partial charge in [0.25, 0.3) is 0 Å². The third-order valence-corrected chi connectivity index (χ3v) is 7.06. The molecule has 0 radical (unpaired) electrons. The number of carbonyl (C=O) groups is 2. The number of amides is 2. The highest BCUT2D eigenvalue weighted by atomic mass is 16.2. The van der Waals surface area contributed by atoms with E-state index in [0.717, 1.165) is 25.9 Å². The van der Waals surface area contributed by atoms with Crippen molar-refractivity contribution < 1.29 is 9.59 Å². The number of rotatable bonds is 6. The lowest BCUT2D eigenvalue weighted by Gasteiger charge is -2.31. The van der Waals surface area contributed by atoms with Crippen molar-refractivity contribution in [3.8, 4) is 0 Å². The minimum atomic E-state index is -0.193. The van der Waals surface area contributed by atoms with Crippen molar-refractivity contribution in [3.05, 3.63) is 35.4 Å². The largest absolute Gasteiger partial charge is 0.354 e. The van der Waals surface area contributed by atoms with Gasteiger partial charge < -0.3 is 10.2 Å². The molecule has 1 aromatic rings. The summed E-state index contributed by atoms with van der Waals surface area (Å²) in [6.07, 6.45) is 8.72. The molecule has 158 valence electrons. The molecule has 2 amide bonds. The summed E-state index contributed by atoms with van der Waals surface area (Å²) in [5.41, 5.74) is 2.52. The van der Waals surface area contributed by atoms with Crippen LogP contribution in [0, 0.1) is 12.8 Å². The summed E-state index contributed by atoms with van der Waals surface area (Å²) in [4.78, 5) is 29.9. The van der Waals surface area contributed by atoms with Crippen LogP contribution in [-0.2, 0) is 9.59 Å². The summed E-state index contributed by atoms with van der Waals surface area (Å²) in [6, 6.07) is 9.26. The highest BCUT2D eigenvalue weighted by Gasteiger charge is 2.38. The van der Waals surface area contributed by atoms with E-state index >= 15 is 0 Å². The van der Waals surface area contributed by atoms with Gasteiger partial charge in [-0.1, -0.05) is 49.1 Å². The molecular weight excluding hydrogens is 362 g/mol. The van der Waals surface area contributed by atoms with Crippen LogP contribution in [0.4, 0.5) is 0 Å². The molecule has 0 bridgehead atoms. The predicted molar refractivity (Wildman–Crippen MR) is 114 cm³/mol. The Balaban J connectivity index is 1.36. The Kier molecular flexibility index (Phi) is 6.53. The Hall–Kier alpha value is -1.88. The average molecular weight is 398 g/mol.